The predicted molar refractivity (Wildman–Crippen MR) is 67.5 cm³/mol. The summed E-state index contributed by atoms with van der Waals surface area (Å²) >= 11 is 0. The van der Waals surface area contributed by atoms with Crippen LogP contribution in [0, 0.1) is 12.3 Å². The number of hydrogen-bond acceptors (Lipinski definition) is 3. The maximum absolute atomic E-state index is 11.8. The smallest absolute Gasteiger partial charge is 0.338 e. The first-order chi connectivity index (χ1) is 7.83. The summed E-state index contributed by atoms with van der Waals surface area (Å²) in [5.74, 6) is 0.397. The Morgan fingerprint density at radius 3 is 2.47 bits per heavy atom. The molecule has 0 unspecified atom stereocenters. The summed E-state index contributed by atoms with van der Waals surface area (Å²) in [7, 11) is 1.59. The van der Waals surface area contributed by atoms with Gasteiger partial charge in [-0.1, -0.05) is 26.8 Å². The second-order valence-electron chi connectivity index (χ2n) is 5.32. The van der Waals surface area contributed by atoms with Gasteiger partial charge in [0, 0.05) is 0 Å². The van der Waals surface area contributed by atoms with Crippen LogP contribution < -0.4 is 4.74 Å². The molecule has 1 rings (SSSR count). The second-order valence-corrected chi connectivity index (χ2v) is 5.32. The van der Waals surface area contributed by atoms with Crippen LogP contribution in [-0.2, 0) is 4.74 Å². The molecule has 0 fully saturated rings. The number of esters is 1. The molecule has 0 aliphatic rings. The van der Waals surface area contributed by atoms with E-state index in [2.05, 4.69) is 0 Å². The lowest BCUT2D eigenvalue weighted by Gasteiger charge is -2.18. The van der Waals surface area contributed by atoms with E-state index in [1.165, 1.54) is 0 Å². The number of aryl methyl sites for hydroxylation is 1. The monoisotopic (exact) mass is 236 g/mol. The summed E-state index contributed by atoms with van der Waals surface area (Å²) in [6.07, 6.45) is 0. The largest absolute Gasteiger partial charge is 0.496 e. The van der Waals surface area contributed by atoms with Crippen molar-refractivity contribution in [2.75, 3.05) is 13.7 Å². The summed E-state index contributed by atoms with van der Waals surface area (Å²) in [6, 6.07) is 5.32. The highest BCUT2D eigenvalue weighted by molar-refractivity contribution is 5.90. The van der Waals surface area contributed by atoms with Crippen molar-refractivity contribution < 1.29 is 14.3 Å². The zero-order chi connectivity index (χ0) is 13.1. The third-order valence-corrected chi connectivity index (χ3v) is 2.28. The topological polar surface area (TPSA) is 35.5 Å². The summed E-state index contributed by atoms with van der Waals surface area (Å²) in [5.41, 5.74) is 1.50. The Balaban J connectivity index is 2.76. The molecule has 0 N–H and O–H groups in total. The maximum Gasteiger partial charge on any atom is 0.338 e. The molecule has 0 amide bonds. The van der Waals surface area contributed by atoms with Crippen molar-refractivity contribution in [2.24, 2.45) is 5.41 Å². The molecular formula is C14H20O3. The van der Waals surface area contributed by atoms with Crippen LogP contribution in [0.15, 0.2) is 18.2 Å². The molecule has 0 heterocycles. The third kappa shape index (κ3) is 4.10. The molecule has 0 spiro atoms. The number of methoxy groups -OCH3 is 1. The first-order valence-electron chi connectivity index (χ1n) is 5.65. The van der Waals surface area contributed by atoms with Crippen LogP contribution in [0.1, 0.15) is 36.7 Å². The van der Waals surface area contributed by atoms with Gasteiger partial charge in [-0.15, -0.1) is 0 Å². The van der Waals surface area contributed by atoms with Crippen molar-refractivity contribution >= 4 is 5.97 Å². The molecule has 0 bridgehead atoms. The lowest BCUT2D eigenvalue weighted by Crippen LogP contribution is -2.18. The van der Waals surface area contributed by atoms with Gasteiger partial charge in [-0.25, -0.2) is 4.79 Å². The van der Waals surface area contributed by atoms with Gasteiger partial charge in [0.05, 0.1) is 19.3 Å². The zero-order valence-electron chi connectivity index (χ0n) is 11.2. The molecule has 0 aromatic heterocycles. The molecule has 0 atom stereocenters. The zero-order valence-corrected chi connectivity index (χ0v) is 11.2. The number of ether oxygens (including phenoxy) is 2. The molecule has 94 valence electrons. The minimum Gasteiger partial charge on any atom is -0.496 e. The minimum atomic E-state index is -0.307. The lowest BCUT2D eigenvalue weighted by molar-refractivity contribution is 0.0366. The quantitative estimate of drug-likeness (QED) is 0.756. The Bertz CT molecular complexity index is 402. The lowest BCUT2D eigenvalue weighted by atomic mass is 9.99. The molecule has 0 aliphatic carbocycles. The van der Waals surface area contributed by atoms with E-state index >= 15 is 0 Å². The molecular weight excluding hydrogens is 216 g/mol. The van der Waals surface area contributed by atoms with Crippen molar-refractivity contribution in [1.82, 2.24) is 0 Å². The molecule has 3 nitrogen and oxygen atoms in total. The molecule has 17 heavy (non-hydrogen) atoms. The van der Waals surface area contributed by atoms with Crippen LogP contribution in [0.3, 0.4) is 0 Å². The van der Waals surface area contributed by atoms with Crippen LogP contribution in [0.25, 0.3) is 0 Å². The van der Waals surface area contributed by atoms with Gasteiger partial charge in [-0.05, 0) is 30.0 Å². The Hall–Kier alpha value is -1.51. The van der Waals surface area contributed by atoms with E-state index in [1.54, 1.807) is 19.2 Å². The van der Waals surface area contributed by atoms with E-state index < -0.39 is 0 Å². The Morgan fingerprint density at radius 1 is 1.29 bits per heavy atom. The summed E-state index contributed by atoms with van der Waals surface area (Å²) in [5, 5.41) is 0. The van der Waals surface area contributed by atoms with Crippen molar-refractivity contribution in [3.63, 3.8) is 0 Å². The van der Waals surface area contributed by atoms with Crippen LogP contribution in [-0.4, -0.2) is 19.7 Å². The Morgan fingerprint density at radius 2 is 1.94 bits per heavy atom. The Kier molecular flexibility index (Phi) is 4.16. The van der Waals surface area contributed by atoms with Gasteiger partial charge in [0.1, 0.15) is 5.75 Å². The van der Waals surface area contributed by atoms with Gasteiger partial charge in [-0.3, -0.25) is 0 Å². The van der Waals surface area contributed by atoms with Crippen molar-refractivity contribution in [2.45, 2.75) is 27.7 Å². The average molecular weight is 236 g/mol. The van der Waals surface area contributed by atoms with Gasteiger partial charge >= 0.3 is 5.97 Å². The van der Waals surface area contributed by atoms with Crippen molar-refractivity contribution in [1.29, 1.82) is 0 Å². The highest BCUT2D eigenvalue weighted by Gasteiger charge is 2.15. The Labute approximate surface area is 103 Å². The number of carbonyl (C=O) groups excluding carboxylic acids is 1. The molecule has 3 heteroatoms. The first kappa shape index (κ1) is 13.6. The van der Waals surface area contributed by atoms with Gasteiger partial charge in [-0.2, -0.15) is 0 Å². The van der Waals surface area contributed by atoms with Gasteiger partial charge < -0.3 is 9.47 Å². The van der Waals surface area contributed by atoms with E-state index in [9.17, 15) is 4.79 Å². The van der Waals surface area contributed by atoms with E-state index in [-0.39, 0.29) is 11.4 Å². The maximum atomic E-state index is 11.8. The first-order valence-corrected chi connectivity index (χ1v) is 5.65. The van der Waals surface area contributed by atoms with Crippen molar-refractivity contribution in [3.8, 4) is 5.75 Å². The number of carbonyl (C=O) groups is 1. The average Bonchev–Trinajstić information content (AvgIpc) is 2.25. The third-order valence-electron chi connectivity index (χ3n) is 2.28. The minimum absolute atomic E-state index is 0.0234. The molecule has 1 aromatic rings. The highest BCUT2D eigenvalue weighted by Crippen LogP contribution is 2.20. The molecule has 0 aliphatic heterocycles. The molecule has 0 radical (unpaired) electrons. The normalized spacial score (nSPS) is 11.1. The summed E-state index contributed by atoms with van der Waals surface area (Å²) in [6.45, 7) is 8.41. The van der Waals surface area contributed by atoms with Crippen LogP contribution in [0.5, 0.6) is 5.75 Å². The van der Waals surface area contributed by atoms with E-state index in [4.69, 9.17) is 9.47 Å². The number of hydrogen-bond donors (Lipinski definition) is 0. The van der Waals surface area contributed by atoms with Crippen molar-refractivity contribution in [3.05, 3.63) is 29.3 Å². The molecule has 0 saturated carbocycles. The fourth-order valence-corrected chi connectivity index (χ4v) is 1.31. The van der Waals surface area contributed by atoms with E-state index in [0.29, 0.717) is 17.9 Å². The van der Waals surface area contributed by atoms with Crippen LogP contribution in [0.4, 0.5) is 0 Å². The number of benzene rings is 1. The molecule has 1 aromatic carbocycles. The highest BCUT2D eigenvalue weighted by atomic mass is 16.5. The van der Waals surface area contributed by atoms with Crippen LogP contribution in [0.2, 0.25) is 0 Å². The van der Waals surface area contributed by atoms with Gasteiger partial charge in [0.15, 0.2) is 0 Å². The van der Waals surface area contributed by atoms with Gasteiger partial charge in [0.25, 0.3) is 0 Å². The predicted octanol–water partition coefficient (Wildman–Crippen LogP) is 3.21. The standard InChI is InChI=1S/C14H20O3/c1-10-6-7-11(8-12(10)16-5)13(15)17-9-14(2,3)4/h6-8H,9H2,1-5H3. The van der Waals surface area contributed by atoms with E-state index in [0.717, 1.165) is 5.56 Å². The van der Waals surface area contributed by atoms with Crippen LogP contribution >= 0.6 is 0 Å². The summed E-state index contributed by atoms with van der Waals surface area (Å²) in [4.78, 5) is 11.8. The summed E-state index contributed by atoms with van der Waals surface area (Å²) < 4.78 is 10.4. The fourth-order valence-electron chi connectivity index (χ4n) is 1.31. The fraction of sp³-hybridized carbons (Fsp3) is 0.500. The number of rotatable bonds is 3. The second kappa shape index (κ2) is 5.21. The SMILES string of the molecule is COc1cc(C(=O)OCC(C)(C)C)ccc1C. The van der Waals surface area contributed by atoms with E-state index in [1.807, 2.05) is 33.8 Å². The molecule has 0 saturated heterocycles. The van der Waals surface area contributed by atoms with Gasteiger partial charge in [0.2, 0.25) is 0 Å².